The van der Waals surface area contributed by atoms with Crippen LogP contribution in [0.25, 0.3) is 11.0 Å². The van der Waals surface area contributed by atoms with E-state index >= 15 is 0 Å². The number of anilines is 1. The first-order valence-electron chi connectivity index (χ1n) is 10.4. The number of fused-ring (bicyclic) bond motifs is 1. The molecule has 0 saturated carbocycles. The lowest BCUT2D eigenvalue weighted by molar-refractivity contribution is -0.136. The van der Waals surface area contributed by atoms with E-state index in [9.17, 15) is 18.8 Å². The predicted octanol–water partition coefficient (Wildman–Crippen LogP) is 4.18. The van der Waals surface area contributed by atoms with Gasteiger partial charge in [0.2, 0.25) is 0 Å². The summed E-state index contributed by atoms with van der Waals surface area (Å²) in [5.74, 6) is -1.82. The summed E-state index contributed by atoms with van der Waals surface area (Å²) in [6.07, 6.45) is 0. The van der Waals surface area contributed by atoms with Crippen molar-refractivity contribution in [1.82, 2.24) is 10.2 Å². The highest BCUT2D eigenvalue weighted by Gasteiger charge is 2.22. The molecular weight excluding hydrogens is 413 g/mol. The molecule has 1 atom stereocenters. The van der Waals surface area contributed by atoms with Crippen LogP contribution in [0.5, 0.6) is 0 Å². The van der Waals surface area contributed by atoms with Gasteiger partial charge in [0.15, 0.2) is 0 Å². The monoisotopic (exact) mass is 439 g/mol. The van der Waals surface area contributed by atoms with Crippen LogP contribution in [-0.4, -0.2) is 35.7 Å². The molecular formula is C24H26FN3O4. The van der Waals surface area contributed by atoms with E-state index in [-0.39, 0.29) is 11.7 Å². The van der Waals surface area contributed by atoms with Gasteiger partial charge in [-0.2, -0.15) is 0 Å². The lowest BCUT2D eigenvalue weighted by Gasteiger charge is -2.19. The number of nitrogens with zero attached hydrogens (tertiary/aromatic N) is 1. The van der Waals surface area contributed by atoms with Gasteiger partial charge in [-0.25, -0.2) is 4.39 Å². The Morgan fingerprint density at radius 2 is 1.78 bits per heavy atom. The maximum absolute atomic E-state index is 13.5. The fourth-order valence-corrected chi connectivity index (χ4v) is 3.56. The molecule has 32 heavy (non-hydrogen) atoms. The number of nitrogens with one attached hydrogen (secondary N) is 2. The maximum atomic E-state index is 13.5. The van der Waals surface area contributed by atoms with Crippen molar-refractivity contribution in [3.05, 3.63) is 65.2 Å². The van der Waals surface area contributed by atoms with E-state index < -0.39 is 17.9 Å². The Labute approximate surface area is 185 Å². The van der Waals surface area contributed by atoms with Gasteiger partial charge < -0.3 is 20.0 Å². The van der Waals surface area contributed by atoms with Crippen LogP contribution in [0.4, 0.5) is 10.1 Å². The molecule has 3 amide bonds. The topological polar surface area (TPSA) is 91.7 Å². The molecule has 8 heteroatoms. The van der Waals surface area contributed by atoms with Gasteiger partial charge in [0.05, 0.1) is 6.04 Å². The van der Waals surface area contributed by atoms with Crippen molar-refractivity contribution in [2.75, 3.05) is 18.4 Å². The van der Waals surface area contributed by atoms with Crippen LogP contribution in [0, 0.1) is 12.7 Å². The number of hydrogen-bond donors (Lipinski definition) is 2. The number of hydrogen-bond acceptors (Lipinski definition) is 4. The van der Waals surface area contributed by atoms with Gasteiger partial charge >= 0.3 is 11.8 Å². The van der Waals surface area contributed by atoms with Crippen LogP contribution in [0.2, 0.25) is 0 Å². The van der Waals surface area contributed by atoms with Gasteiger partial charge in [0.1, 0.15) is 17.2 Å². The predicted molar refractivity (Wildman–Crippen MR) is 120 cm³/mol. The Kier molecular flexibility index (Phi) is 6.92. The molecule has 0 fully saturated rings. The Hall–Kier alpha value is -3.68. The zero-order valence-corrected chi connectivity index (χ0v) is 18.5. The lowest BCUT2D eigenvalue weighted by atomic mass is 10.1. The highest BCUT2D eigenvalue weighted by atomic mass is 19.1. The molecule has 0 bridgehead atoms. The number of rotatable bonds is 6. The van der Waals surface area contributed by atoms with Crippen LogP contribution in [-0.2, 0) is 9.59 Å². The Morgan fingerprint density at radius 1 is 1.06 bits per heavy atom. The van der Waals surface area contributed by atoms with Gasteiger partial charge in [-0.1, -0.05) is 6.07 Å². The summed E-state index contributed by atoms with van der Waals surface area (Å²) < 4.78 is 19.3. The normalized spacial score (nSPS) is 11.8. The van der Waals surface area contributed by atoms with Crippen LogP contribution in [0.15, 0.2) is 46.9 Å². The number of amides is 3. The highest BCUT2D eigenvalue weighted by Crippen LogP contribution is 2.29. The zero-order chi connectivity index (χ0) is 23.4. The molecule has 1 unspecified atom stereocenters. The van der Waals surface area contributed by atoms with Gasteiger partial charge in [-0.3, -0.25) is 14.4 Å². The SMILES string of the molecule is CCN(CC)C(=O)c1cccc(NC(=O)C(=O)NC(C)c2oc3ccc(F)cc3c2C)c1. The van der Waals surface area contributed by atoms with Crippen molar-refractivity contribution < 1.29 is 23.2 Å². The molecule has 0 aliphatic carbocycles. The lowest BCUT2D eigenvalue weighted by Crippen LogP contribution is -2.37. The van der Waals surface area contributed by atoms with Crippen molar-refractivity contribution in [2.24, 2.45) is 0 Å². The van der Waals surface area contributed by atoms with E-state index in [2.05, 4.69) is 10.6 Å². The summed E-state index contributed by atoms with van der Waals surface area (Å²) in [4.78, 5) is 39.0. The highest BCUT2D eigenvalue weighted by molar-refractivity contribution is 6.39. The average molecular weight is 439 g/mol. The zero-order valence-electron chi connectivity index (χ0n) is 18.5. The van der Waals surface area contributed by atoms with E-state index in [0.717, 1.165) is 0 Å². The first kappa shape index (κ1) is 23.0. The minimum Gasteiger partial charge on any atom is -0.459 e. The number of carbonyl (C=O) groups excluding carboxylic acids is 3. The molecule has 168 valence electrons. The van der Waals surface area contributed by atoms with Crippen LogP contribution >= 0.6 is 0 Å². The Morgan fingerprint density at radius 3 is 2.47 bits per heavy atom. The number of benzene rings is 2. The summed E-state index contributed by atoms with van der Waals surface area (Å²) in [5, 5.41) is 5.72. The molecule has 0 spiro atoms. The molecule has 0 radical (unpaired) electrons. The fraction of sp³-hybridized carbons (Fsp3) is 0.292. The standard InChI is InChI=1S/C24H26FN3O4/c1-5-28(6-2)24(31)16-8-7-9-18(12-16)27-23(30)22(29)26-15(4)21-14(3)19-13-17(25)10-11-20(19)32-21/h7-13,15H,5-6H2,1-4H3,(H,26,29)(H,27,30). The summed E-state index contributed by atoms with van der Waals surface area (Å²) in [6, 6.07) is 10.0. The molecule has 0 aliphatic rings. The summed E-state index contributed by atoms with van der Waals surface area (Å²) in [7, 11) is 0. The van der Waals surface area contributed by atoms with Crippen molar-refractivity contribution in [1.29, 1.82) is 0 Å². The smallest absolute Gasteiger partial charge is 0.313 e. The third-order valence-electron chi connectivity index (χ3n) is 5.30. The second kappa shape index (κ2) is 9.64. The minimum atomic E-state index is -0.871. The van der Waals surface area contributed by atoms with E-state index in [1.807, 2.05) is 13.8 Å². The van der Waals surface area contributed by atoms with E-state index in [1.54, 1.807) is 36.9 Å². The van der Waals surface area contributed by atoms with E-state index in [0.29, 0.717) is 46.6 Å². The molecule has 3 aromatic rings. The van der Waals surface area contributed by atoms with Gasteiger partial charge in [0, 0.05) is 35.3 Å². The largest absolute Gasteiger partial charge is 0.459 e. The Bertz CT molecular complexity index is 1170. The molecule has 0 saturated heterocycles. The summed E-state index contributed by atoms with van der Waals surface area (Å²) >= 11 is 0. The fourth-order valence-electron chi connectivity index (χ4n) is 3.56. The number of carbonyl (C=O) groups is 3. The maximum Gasteiger partial charge on any atom is 0.313 e. The van der Waals surface area contributed by atoms with E-state index in [4.69, 9.17) is 4.42 Å². The first-order valence-corrected chi connectivity index (χ1v) is 10.4. The second-order valence-corrected chi connectivity index (χ2v) is 7.44. The average Bonchev–Trinajstić information content (AvgIpc) is 3.10. The second-order valence-electron chi connectivity index (χ2n) is 7.44. The third-order valence-corrected chi connectivity index (χ3v) is 5.30. The molecule has 1 aromatic heterocycles. The molecule has 2 N–H and O–H groups in total. The molecule has 3 rings (SSSR count). The van der Waals surface area contributed by atoms with Crippen molar-refractivity contribution >= 4 is 34.4 Å². The van der Waals surface area contributed by atoms with Crippen LogP contribution < -0.4 is 10.6 Å². The van der Waals surface area contributed by atoms with Crippen LogP contribution in [0.1, 0.15) is 48.5 Å². The van der Waals surface area contributed by atoms with Gasteiger partial charge in [-0.05, 0) is 64.1 Å². The number of halogens is 1. The van der Waals surface area contributed by atoms with Crippen molar-refractivity contribution in [3.8, 4) is 0 Å². The quantitative estimate of drug-likeness (QED) is 0.564. The van der Waals surface area contributed by atoms with E-state index in [1.165, 1.54) is 24.3 Å². The van der Waals surface area contributed by atoms with Crippen LogP contribution in [0.3, 0.4) is 0 Å². The van der Waals surface area contributed by atoms with Gasteiger partial charge in [-0.15, -0.1) is 0 Å². The minimum absolute atomic E-state index is 0.152. The third kappa shape index (κ3) is 4.80. The summed E-state index contributed by atoms with van der Waals surface area (Å²) in [6.45, 7) is 8.36. The summed E-state index contributed by atoms with van der Waals surface area (Å²) in [5.41, 5.74) is 1.95. The number of furan rings is 1. The number of aryl methyl sites for hydroxylation is 1. The molecule has 2 aromatic carbocycles. The molecule has 0 aliphatic heterocycles. The first-order chi connectivity index (χ1) is 15.2. The van der Waals surface area contributed by atoms with Gasteiger partial charge in [0.25, 0.3) is 5.91 Å². The van der Waals surface area contributed by atoms with Crippen molar-refractivity contribution in [3.63, 3.8) is 0 Å². The van der Waals surface area contributed by atoms with Crippen molar-refractivity contribution in [2.45, 2.75) is 33.7 Å². The molecule has 7 nitrogen and oxygen atoms in total. The Balaban J connectivity index is 1.69. The molecule has 1 heterocycles.